The molecule has 37 heavy (non-hydrogen) atoms. The minimum Gasteiger partial charge on any atom is -0.507 e. The van der Waals surface area contributed by atoms with Gasteiger partial charge < -0.3 is 14.9 Å². The number of aromatic carboxylic acids is 1. The van der Waals surface area contributed by atoms with E-state index in [0.717, 1.165) is 17.8 Å². The molecule has 10 heteroatoms. The third-order valence-corrected chi connectivity index (χ3v) is 6.86. The van der Waals surface area contributed by atoms with E-state index >= 15 is 0 Å². The summed E-state index contributed by atoms with van der Waals surface area (Å²) in [5, 5.41) is 20.7. The molecule has 0 aliphatic carbocycles. The number of thiazole rings is 1. The van der Waals surface area contributed by atoms with Crippen LogP contribution in [0.15, 0.2) is 72.4 Å². The van der Waals surface area contributed by atoms with Crippen molar-refractivity contribution >= 4 is 50.1 Å². The highest BCUT2D eigenvalue weighted by Gasteiger charge is 2.48. The van der Waals surface area contributed by atoms with Crippen molar-refractivity contribution in [2.75, 3.05) is 11.5 Å². The van der Waals surface area contributed by atoms with Gasteiger partial charge in [-0.3, -0.25) is 19.5 Å². The van der Waals surface area contributed by atoms with Crippen LogP contribution in [-0.2, 0) is 9.59 Å². The number of Topliss-reactive ketones (excluding diaryl/α,β-unsaturated/α-hetero) is 1. The SMILES string of the molecule is CCCOc1ccc(/C(O)=C2\C(=O)C(=O)N(c3nc4ccc(C(=O)O)cc4s3)C2c2ccccn2)cc1. The summed E-state index contributed by atoms with van der Waals surface area (Å²) >= 11 is 1.08. The van der Waals surface area contributed by atoms with E-state index in [4.69, 9.17) is 4.74 Å². The number of carbonyl (C=O) groups excluding carboxylic acids is 2. The second-order valence-corrected chi connectivity index (χ2v) is 9.29. The van der Waals surface area contributed by atoms with Gasteiger partial charge in [0.15, 0.2) is 5.13 Å². The second-order valence-electron chi connectivity index (χ2n) is 8.28. The molecular formula is C27H21N3O6S. The third-order valence-electron chi connectivity index (χ3n) is 5.84. The monoisotopic (exact) mass is 515 g/mol. The number of carboxylic acid groups (broad SMARTS) is 1. The number of amides is 1. The molecule has 2 aromatic carbocycles. The van der Waals surface area contributed by atoms with Crippen molar-refractivity contribution < 1.29 is 29.3 Å². The van der Waals surface area contributed by atoms with Gasteiger partial charge in [-0.25, -0.2) is 9.78 Å². The van der Waals surface area contributed by atoms with Crippen molar-refractivity contribution in [2.45, 2.75) is 19.4 Å². The van der Waals surface area contributed by atoms with E-state index in [1.165, 1.54) is 23.2 Å². The number of hydrogen-bond acceptors (Lipinski definition) is 8. The molecule has 2 aromatic heterocycles. The maximum atomic E-state index is 13.3. The number of carbonyl (C=O) groups is 3. The van der Waals surface area contributed by atoms with Crippen LogP contribution in [0.5, 0.6) is 5.75 Å². The van der Waals surface area contributed by atoms with Gasteiger partial charge in [-0.2, -0.15) is 0 Å². The summed E-state index contributed by atoms with van der Waals surface area (Å²) in [5.41, 5.74) is 1.16. The Kier molecular flexibility index (Phi) is 6.41. The molecule has 1 aliphatic rings. The van der Waals surface area contributed by atoms with Gasteiger partial charge in [0.25, 0.3) is 5.78 Å². The molecule has 1 saturated heterocycles. The highest BCUT2D eigenvalue weighted by molar-refractivity contribution is 7.22. The number of hydrogen-bond donors (Lipinski definition) is 2. The van der Waals surface area contributed by atoms with Crippen LogP contribution in [0.3, 0.4) is 0 Å². The highest BCUT2D eigenvalue weighted by Crippen LogP contribution is 2.43. The number of aromatic nitrogens is 2. The molecule has 0 bridgehead atoms. The number of fused-ring (bicyclic) bond motifs is 1. The molecule has 1 fully saturated rings. The molecule has 1 unspecified atom stereocenters. The molecule has 9 nitrogen and oxygen atoms in total. The Morgan fingerprint density at radius 3 is 2.49 bits per heavy atom. The van der Waals surface area contributed by atoms with Gasteiger partial charge in [0.1, 0.15) is 17.6 Å². The molecule has 4 aromatic rings. The zero-order valence-corrected chi connectivity index (χ0v) is 20.4. The number of pyridine rings is 1. The fourth-order valence-corrected chi connectivity index (χ4v) is 5.11. The lowest BCUT2D eigenvalue weighted by atomic mass is 9.98. The number of ether oxygens (including phenoxy) is 1. The zero-order chi connectivity index (χ0) is 26.1. The van der Waals surface area contributed by atoms with Gasteiger partial charge in [0, 0.05) is 11.8 Å². The number of aliphatic hydroxyl groups excluding tert-OH is 1. The lowest BCUT2D eigenvalue weighted by Gasteiger charge is -2.21. The van der Waals surface area contributed by atoms with Crippen molar-refractivity contribution in [1.82, 2.24) is 9.97 Å². The summed E-state index contributed by atoms with van der Waals surface area (Å²) in [7, 11) is 0. The van der Waals surface area contributed by atoms with E-state index in [2.05, 4.69) is 9.97 Å². The first-order chi connectivity index (χ1) is 17.9. The van der Waals surface area contributed by atoms with Crippen LogP contribution in [0.1, 0.15) is 41.0 Å². The Hall–Kier alpha value is -4.57. The quantitative estimate of drug-likeness (QED) is 0.204. The van der Waals surface area contributed by atoms with Crippen LogP contribution in [0.25, 0.3) is 16.0 Å². The van der Waals surface area contributed by atoms with Gasteiger partial charge in [-0.1, -0.05) is 24.3 Å². The molecule has 0 radical (unpaired) electrons. The van der Waals surface area contributed by atoms with Crippen molar-refractivity contribution in [2.24, 2.45) is 0 Å². The third kappa shape index (κ3) is 4.43. The van der Waals surface area contributed by atoms with E-state index in [-0.39, 0.29) is 22.0 Å². The summed E-state index contributed by atoms with van der Waals surface area (Å²) in [4.78, 5) is 48.1. The maximum Gasteiger partial charge on any atom is 0.335 e. The van der Waals surface area contributed by atoms with Gasteiger partial charge >= 0.3 is 11.9 Å². The smallest absolute Gasteiger partial charge is 0.335 e. The lowest BCUT2D eigenvalue weighted by molar-refractivity contribution is -0.132. The minimum atomic E-state index is -1.09. The first-order valence-corrected chi connectivity index (χ1v) is 12.3. The Morgan fingerprint density at radius 1 is 1.05 bits per heavy atom. The molecule has 1 atom stereocenters. The number of nitrogens with zero attached hydrogens (tertiary/aromatic N) is 3. The standard InChI is InChI=1S/C27H21N3O6S/c1-2-13-36-17-9-6-15(7-10-17)23(31)21-22(19-5-3-4-12-28-19)30(25(33)24(21)32)27-29-18-11-8-16(26(34)35)14-20(18)37-27/h3-12,14,22,31H,2,13H2,1H3,(H,34,35)/b23-21+. The molecule has 3 heterocycles. The van der Waals surface area contributed by atoms with Crippen molar-refractivity contribution in [3.8, 4) is 5.75 Å². The number of anilines is 1. The van der Waals surface area contributed by atoms with Gasteiger partial charge in [-0.15, -0.1) is 0 Å². The number of carboxylic acids is 1. The molecule has 2 N–H and O–H groups in total. The van der Waals surface area contributed by atoms with Crippen molar-refractivity contribution in [3.05, 3.63) is 89.3 Å². The largest absolute Gasteiger partial charge is 0.507 e. The van der Waals surface area contributed by atoms with Crippen LogP contribution < -0.4 is 9.64 Å². The van der Waals surface area contributed by atoms with Crippen LogP contribution in [0.4, 0.5) is 5.13 Å². The first-order valence-electron chi connectivity index (χ1n) is 11.5. The average molecular weight is 516 g/mol. The topological polar surface area (TPSA) is 130 Å². The molecule has 5 rings (SSSR count). The van der Waals surface area contributed by atoms with E-state index in [1.807, 2.05) is 6.92 Å². The van der Waals surface area contributed by atoms with E-state index in [9.17, 15) is 24.6 Å². The van der Waals surface area contributed by atoms with Crippen LogP contribution >= 0.6 is 11.3 Å². The minimum absolute atomic E-state index is 0.0809. The Balaban J connectivity index is 1.63. The molecule has 1 amide bonds. The lowest BCUT2D eigenvalue weighted by Crippen LogP contribution is -2.29. The fraction of sp³-hybridized carbons (Fsp3) is 0.148. The van der Waals surface area contributed by atoms with Crippen molar-refractivity contribution in [3.63, 3.8) is 0 Å². The summed E-state index contributed by atoms with van der Waals surface area (Å²) in [6, 6.07) is 15.1. The number of ketones is 1. The summed E-state index contributed by atoms with van der Waals surface area (Å²) < 4.78 is 6.13. The predicted octanol–water partition coefficient (Wildman–Crippen LogP) is 4.80. The van der Waals surface area contributed by atoms with E-state index in [1.54, 1.807) is 48.5 Å². The Labute approximate surface area is 215 Å². The van der Waals surface area contributed by atoms with Crippen LogP contribution in [0.2, 0.25) is 0 Å². The van der Waals surface area contributed by atoms with Gasteiger partial charge in [0.05, 0.1) is 33.7 Å². The maximum absolute atomic E-state index is 13.3. The number of rotatable bonds is 7. The normalized spacial score (nSPS) is 16.9. The zero-order valence-electron chi connectivity index (χ0n) is 19.6. The predicted molar refractivity (Wildman–Crippen MR) is 138 cm³/mol. The molecule has 0 spiro atoms. The average Bonchev–Trinajstić information content (AvgIpc) is 3.45. The van der Waals surface area contributed by atoms with Gasteiger partial charge in [-0.05, 0) is 61.0 Å². The number of benzene rings is 2. The van der Waals surface area contributed by atoms with E-state index in [0.29, 0.717) is 33.8 Å². The molecule has 186 valence electrons. The molecular weight excluding hydrogens is 494 g/mol. The highest BCUT2D eigenvalue weighted by atomic mass is 32.1. The first kappa shape index (κ1) is 24.1. The van der Waals surface area contributed by atoms with Crippen molar-refractivity contribution in [1.29, 1.82) is 0 Å². The van der Waals surface area contributed by atoms with Crippen LogP contribution in [-0.4, -0.2) is 44.4 Å². The molecule has 0 saturated carbocycles. The summed E-state index contributed by atoms with van der Waals surface area (Å²) in [6.07, 6.45) is 2.38. The van der Waals surface area contributed by atoms with Crippen LogP contribution in [0, 0.1) is 0 Å². The fourth-order valence-electron chi connectivity index (χ4n) is 4.08. The second kappa shape index (κ2) is 9.82. The summed E-state index contributed by atoms with van der Waals surface area (Å²) in [5.74, 6) is -2.54. The number of aliphatic hydroxyl groups is 1. The Bertz CT molecular complexity index is 1550. The van der Waals surface area contributed by atoms with Gasteiger partial charge in [0.2, 0.25) is 0 Å². The Morgan fingerprint density at radius 2 is 1.81 bits per heavy atom. The molecule has 1 aliphatic heterocycles. The summed E-state index contributed by atoms with van der Waals surface area (Å²) in [6.45, 7) is 2.54. The van der Waals surface area contributed by atoms with E-state index < -0.39 is 23.7 Å².